The van der Waals surface area contributed by atoms with Gasteiger partial charge in [0.2, 0.25) is 41.4 Å². The molecule has 0 spiro atoms. The quantitative estimate of drug-likeness (QED) is 0.0482. The zero-order valence-corrected chi connectivity index (χ0v) is 44.0. The Morgan fingerprint density at radius 3 is 1.95 bits per heavy atom. The summed E-state index contributed by atoms with van der Waals surface area (Å²) in [5.41, 5.74) is 11.3. The molecule has 2 aliphatic heterocycles. The van der Waals surface area contributed by atoms with Crippen LogP contribution < -0.4 is 54.0 Å². The number of nitrogens with one attached hydrogen (secondary N) is 9. The molecule has 4 bridgehead atoms. The molecule has 76 heavy (non-hydrogen) atoms. The number of amides is 9. The highest BCUT2D eigenvalue weighted by Gasteiger charge is 2.40. The van der Waals surface area contributed by atoms with Gasteiger partial charge in [-0.3, -0.25) is 52.9 Å². The second-order valence-corrected chi connectivity index (χ2v) is 20.7. The summed E-state index contributed by atoms with van der Waals surface area (Å²) in [7, 11) is 0. The number of nitrogens with zero attached hydrogens (tertiary/aromatic N) is 5. The summed E-state index contributed by atoms with van der Waals surface area (Å²) in [6, 6.07) is -8.46. The van der Waals surface area contributed by atoms with Gasteiger partial charge in [-0.2, -0.15) is 0 Å². The van der Waals surface area contributed by atoms with Crippen LogP contribution in [0.1, 0.15) is 121 Å². The molecule has 414 valence electrons. The summed E-state index contributed by atoms with van der Waals surface area (Å²) in [4.78, 5) is 156. The number of aliphatic hydroxyl groups is 1. The van der Waals surface area contributed by atoms with Crippen LogP contribution in [0.2, 0.25) is 0 Å². The summed E-state index contributed by atoms with van der Waals surface area (Å²) in [5.74, 6) is -9.09. The molecule has 3 aromatic rings. The molecule has 30 heteroatoms. The summed E-state index contributed by atoms with van der Waals surface area (Å²) in [5, 5.41) is 43.6. The number of guanidine groups is 1. The number of aromatic nitrogens is 4. The third kappa shape index (κ3) is 17.8. The number of imidazole rings is 1. The fourth-order valence-electron chi connectivity index (χ4n) is 8.24. The molecule has 2 unspecified atom stereocenters. The number of aliphatic carboxylic acids is 1. The predicted molar refractivity (Wildman–Crippen MR) is 274 cm³/mol. The first-order chi connectivity index (χ1) is 36.1. The summed E-state index contributed by atoms with van der Waals surface area (Å²) >= 11 is 2.00. The maximum atomic E-state index is 14.6. The van der Waals surface area contributed by atoms with E-state index in [9.17, 15) is 58.2 Å². The van der Waals surface area contributed by atoms with Crippen molar-refractivity contribution in [1.29, 1.82) is 0 Å². The van der Waals surface area contributed by atoms with Gasteiger partial charge in [-0.25, -0.2) is 15.0 Å². The van der Waals surface area contributed by atoms with Gasteiger partial charge in [0, 0.05) is 42.2 Å². The summed E-state index contributed by atoms with van der Waals surface area (Å²) in [6.07, 6.45) is 3.11. The summed E-state index contributed by atoms with van der Waals surface area (Å²) < 4.78 is 0. The van der Waals surface area contributed by atoms with E-state index >= 15 is 0 Å². The van der Waals surface area contributed by atoms with Crippen LogP contribution in [0.25, 0.3) is 0 Å². The van der Waals surface area contributed by atoms with E-state index in [1.807, 2.05) is 13.8 Å². The Kier molecular flexibility index (Phi) is 22.1. The highest BCUT2D eigenvalue weighted by Crippen LogP contribution is 2.27. The molecule has 5 rings (SSSR count). The van der Waals surface area contributed by atoms with Gasteiger partial charge in [0.15, 0.2) is 5.96 Å². The number of aliphatic hydroxyl groups excluding tert-OH is 1. The molecule has 1 saturated heterocycles. The van der Waals surface area contributed by atoms with E-state index < -0.39 is 128 Å². The van der Waals surface area contributed by atoms with Crippen LogP contribution in [0, 0.1) is 11.8 Å². The molecule has 0 aromatic carbocycles. The molecule has 5 heterocycles. The second-order valence-electron chi connectivity index (χ2n) is 19.0. The maximum absolute atomic E-state index is 14.6. The standard InChI is InChI=1S/C46H66N16O12S2/c1-22(2)11-26-40(71)58-29(13-24-15-49-21-53-24)45(74)62-10-6-8-33(62)42(73)56-25(7-5-9-50-46(47)48)39(70)57-28(12-23(3)4)43-61-32(20-75-43)41(72)59-30(18-63)44-60-31(19-76-44)38(69)52-17-35(65)55-27(14-36(66)67)37(68)51-16-34(64)54-26/h15,19-23,25-30,33,63H,5-14,16-18H2,1-4H3,(H,49,53)(H,51,68)(H,52,69)(H,54,64)(H,55,65)(H,56,73)(H,57,70)(H,58,71)(H,59,72)(H,66,67)(H4,47,48,50)/t25-,26-,27-,28?,29-,30?,33-/m0/s1. The van der Waals surface area contributed by atoms with Crippen LogP contribution in [-0.4, -0.2) is 163 Å². The molecule has 0 radical (unpaired) electrons. The Morgan fingerprint density at radius 2 is 1.33 bits per heavy atom. The zero-order chi connectivity index (χ0) is 55.6. The zero-order valence-electron chi connectivity index (χ0n) is 42.4. The van der Waals surface area contributed by atoms with Gasteiger partial charge < -0.3 is 74.1 Å². The van der Waals surface area contributed by atoms with Crippen LogP contribution in [0.5, 0.6) is 0 Å². The molecule has 28 nitrogen and oxygen atoms in total. The van der Waals surface area contributed by atoms with Gasteiger partial charge in [0.1, 0.15) is 57.7 Å². The third-order valence-electron chi connectivity index (χ3n) is 11.8. The lowest BCUT2D eigenvalue weighted by Crippen LogP contribution is -2.59. The number of carboxylic acids is 1. The van der Waals surface area contributed by atoms with E-state index in [0.29, 0.717) is 23.5 Å². The van der Waals surface area contributed by atoms with Crippen molar-refractivity contribution in [3.05, 3.63) is 50.4 Å². The van der Waals surface area contributed by atoms with Crippen LogP contribution in [0.15, 0.2) is 28.3 Å². The molecule has 7 atom stereocenters. The first-order valence-corrected chi connectivity index (χ1v) is 26.3. The number of aromatic amines is 1. The fraction of sp³-hybridized carbons (Fsp3) is 0.565. The number of carbonyl (C=O) groups excluding carboxylic acids is 9. The number of nitrogens with two attached hydrogens (primary N) is 2. The van der Waals surface area contributed by atoms with Gasteiger partial charge in [-0.05, 0) is 50.4 Å². The number of thiazole rings is 2. The molecule has 1 fully saturated rings. The second kappa shape index (κ2) is 28.3. The van der Waals surface area contributed by atoms with Crippen molar-refractivity contribution in [3.8, 4) is 0 Å². The van der Waals surface area contributed by atoms with Gasteiger partial charge in [-0.1, -0.05) is 27.7 Å². The highest BCUT2D eigenvalue weighted by atomic mass is 32.1. The minimum Gasteiger partial charge on any atom is -0.481 e. The lowest BCUT2D eigenvalue weighted by molar-refractivity contribution is -0.142. The van der Waals surface area contributed by atoms with Gasteiger partial charge in [0.05, 0.1) is 38.5 Å². The van der Waals surface area contributed by atoms with E-state index in [0.717, 1.165) is 22.7 Å². The van der Waals surface area contributed by atoms with Crippen LogP contribution in [0.4, 0.5) is 0 Å². The van der Waals surface area contributed by atoms with Gasteiger partial charge in [0.25, 0.3) is 11.8 Å². The van der Waals surface area contributed by atoms with Crippen molar-refractivity contribution in [1.82, 2.24) is 67.4 Å². The maximum Gasteiger partial charge on any atom is 0.305 e. The van der Waals surface area contributed by atoms with Crippen molar-refractivity contribution in [2.24, 2.45) is 28.3 Å². The first kappa shape index (κ1) is 59.3. The van der Waals surface area contributed by atoms with Crippen molar-refractivity contribution in [2.45, 2.75) is 121 Å². The monoisotopic (exact) mass is 1100 g/mol. The number of hydrogen-bond donors (Lipinski definition) is 13. The average molecular weight is 1100 g/mol. The Morgan fingerprint density at radius 1 is 0.737 bits per heavy atom. The number of aliphatic imine (C=N–C) groups is 1. The third-order valence-corrected chi connectivity index (χ3v) is 13.8. The average Bonchev–Trinajstić information content (AvgIpc) is 4.22. The molecular formula is C46H66N16O12S2. The number of H-pyrrole nitrogens is 1. The van der Waals surface area contributed by atoms with Crippen molar-refractivity contribution in [2.75, 3.05) is 32.8 Å². The highest BCUT2D eigenvalue weighted by molar-refractivity contribution is 7.10. The van der Waals surface area contributed by atoms with E-state index in [1.54, 1.807) is 13.8 Å². The molecular weight excluding hydrogens is 1030 g/mol. The van der Waals surface area contributed by atoms with Crippen molar-refractivity contribution < 1.29 is 58.2 Å². The largest absolute Gasteiger partial charge is 0.481 e. The minimum atomic E-state index is -1.72. The number of carboxylic acid groups (broad SMARTS) is 1. The molecule has 15 N–H and O–H groups in total. The van der Waals surface area contributed by atoms with Gasteiger partial charge >= 0.3 is 5.97 Å². The first-order valence-electron chi connectivity index (χ1n) is 24.5. The number of carbonyl (C=O) groups is 10. The number of rotatable bonds is 13. The van der Waals surface area contributed by atoms with E-state index in [1.165, 1.54) is 28.2 Å². The minimum absolute atomic E-state index is 0.00708. The number of fused-ring (bicyclic) bond motifs is 5. The lowest BCUT2D eigenvalue weighted by Gasteiger charge is -2.31. The normalized spacial score (nSPS) is 23.3. The fourth-order valence-corrected chi connectivity index (χ4v) is 9.94. The lowest BCUT2D eigenvalue weighted by atomic mass is 10.0. The van der Waals surface area contributed by atoms with Crippen molar-refractivity contribution >= 4 is 87.8 Å². The van der Waals surface area contributed by atoms with E-state index in [4.69, 9.17) is 11.5 Å². The summed E-state index contributed by atoms with van der Waals surface area (Å²) in [6.45, 7) is 5.46. The van der Waals surface area contributed by atoms with E-state index in [2.05, 4.69) is 67.5 Å². The molecule has 3 aromatic heterocycles. The van der Waals surface area contributed by atoms with E-state index in [-0.39, 0.29) is 79.4 Å². The molecule has 2 aliphatic rings. The topological polar surface area (TPSA) is 429 Å². The Hall–Kier alpha value is -7.60. The predicted octanol–water partition coefficient (Wildman–Crippen LogP) is -2.40. The SMILES string of the molecule is CC(C)CC1NC(=O)[C@H](CCCN=C(N)N)NC(=O)[C@@H]2CCCN2C(=O)[C@H](Cc2cnc[nH]2)NC(=O)[C@H](CC(C)C)NC(=O)CNC(=O)[C@H](CC(=O)O)NC(=O)CNC(=O)c2csc(n2)C(CO)NC(=O)c2csc1n2. The van der Waals surface area contributed by atoms with Crippen LogP contribution in [-0.2, 0) is 44.8 Å². The molecule has 0 aliphatic carbocycles. The Bertz CT molecular complexity index is 2580. The van der Waals surface area contributed by atoms with Crippen LogP contribution in [0.3, 0.4) is 0 Å². The van der Waals surface area contributed by atoms with Gasteiger partial charge in [-0.15, -0.1) is 22.7 Å². The molecule has 0 saturated carbocycles. The van der Waals surface area contributed by atoms with Crippen molar-refractivity contribution in [3.63, 3.8) is 0 Å². The molecule has 9 amide bonds. The smallest absolute Gasteiger partial charge is 0.305 e. The Balaban J connectivity index is 1.49. The number of hydrogen-bond acceptors (Lipinski definition) is 17. The van der Waals surface area contributed by atoms with Crippen LogP contribution >= 0.6 is 22.7 Å². The Labute approximate surface area is 444 Å².